The van der Waals surface area contributed by atoms with Crippen LogP contribution in [0.1, 0.15) is 24.3 Å². The Bertz CT molecular complexity index is 1340. The normalized spacial score (nSPS) is 11.2. The third-order valence-electron chi connectivity index (χ3n) is 4.11. The van der Waals surface area contributed by atoms with Gasteiger partial charge < -0.3 is 13.7 Å². The van der Waals surface area contributed by atoms with E-state index in [9.17, 15) is 22.4 Å². The Balaban J connectivity index is 2.13. The second-order valence-corrected chi connectivity index (χ2v) is 8.80. The average Bonchev–Trinajstić information content (AvgIpc) is 2.76. The number of nitrogens with zero attached hydrogens (tertiary/aromatic N) is 2. The smallest absolute Gasteiger partial charge is 0.362 e. The summed E-state index contributed by atoms with van der Waals surface area (Å²) < 4.78 is 56.0. The van der Waals surface area contributed by atoms with E-state index in [1.807, 2.05) is 0 Å². The molecule has 0 aliphatic heterocycles. The Morgan fingerprint density at radius 1 is 1.06 bits per heavy atom. The maximum absolute atomic E-state index is 13.3. The van der Waals surface area contributed by atoms with Crippen LogP contribution in [0.5, 0.6) is 11.5 Å². The maximum atomic E-state index is 13.3. The molecule has 0 saturated heterocycles. The third kappa shape index (κ3) is 5.57. The fourth-order valence-corrected chi connectivity index (χ4v) is 4.34. The predicted molar refractivity (Wildman–Crippen MR) is 119 cm³/mol. The Morgan fingerprint density at radius 2 is 1.76 bits per heavy atom. The van der Waals surface area contributed by atoms with Crippen LogP contribution in [0.4, 0.5) is 4.39 Å². The summed E-state index contributed by atoms with van der Waals surface area (Å²) in [5, 5.41) is 3.92. The molecule has 0 aliphatic rings. The fraction of sp³-hybridized carbons (Fsp3) is 0.190. The summed E-state index contributed by atoms with van der Waals surface area (Å²) in [5.41, 5.74) is -1.23. The monoisotopic (exact) mass is 540 g/mol. The molecule has 12 heteroatoms. The van der Waals surface area contributed by atoms with E-state index >= 15 is 0 Å². The Kier molecular flexibility index (Phi) is 7.49. The van der Waals surface area contributed by atoms with Gasteiger partial charge in [0.2, 0.25) is 5.69 Å². The van der Waals surface area contributed by atoms with Crippen molar-refractivity contribution in [2.45, 2.75) is 18.7 Å². The number of rotatable bonds is 8. The molecule has 0 radical (unpaired) electrons. The molecule has 9 nitrogen and oxygen atoms in total. The Morgan fingerprint density at radius 3 is 2.39 bits per heavy atom. The van der Waals surface area contributed by atoms with E-state index in [-0.39, 0.29) is 29.5 Å². The quantitative estimate of drug-likeness (QED) is 0.315. The number of hydrogen-bond acceptors (Lipinski definition) is 8. The average molecular weight is 541 g/mol. The molecule has 0 aliphatic carbocycles. The minimum atomic E-state index is -4.56. The molecule has 3 aromatic rings. The number of esters is 1. The van der Waals surface area contributed by atoms with Crippen molar-refractivity contribution in [3.63, 3.8) is 0 Å². The molecule has 0 N–H and O–H groups in total. The zero-order valence-electron chi connectivity index (χ0n) is 17.4. The molecule has 3 rings (SSSR count). The molecule has 0 saturated carbocycles. The van der Waals surface area contributed by atoms with Crippen LogP contribution in [-0.2, 0) is 14.9 Å². The molecule has 0 spiro atoms. The molecule has 0 amide bonds. The first-order valence-corrected chi connectivity index (χ1v) is 11.8. The molecule has 0 atom stereocenters. The van der Waals surface area contributed by atoms with Gasteiger partial charge in [-0.2, -0.15) is 18.2 Å². The van der Waals surface area contributed by atoms with E-state index in [0.717, 1.165) is 22.9 Å². The maximum Gasteiger partial charge on any atom is 0.362 e. The zero-order valence-corrected chi connectivity index (χ0v) is 19.9. The van der Waals surface area contributed by atoms with Crippen molar-refractivity contribution in [3.05, 3.63) is 74.9 Å². The van der Waals surface area contributed by atoms with Gasteiger partial charge in [-0.3, -0.25) is 4.79 Å². The van der Waals surface area contributed by atoms with Gasteiger partial charge in [0.15, 0.2) is 5.75 Å². The lowest BCUT2D eigenvalue weighted by atomic mass is 10.3. The number of ether oxygens (including phenoxy) is 2. The molecular formula is C21H18BrFN2O7S. The number of halogens is 2. The van der Waals surface area contributed by atoms with Crippen molar-refractivity contribution in [1.82, 2.24) is 9.78 Å². The van der Waals surface area contributed by atoms with Gasteiger partial charge in [-0.15, -0.1) is 0 Å². The van der Waals surface area contributed by atoms with Gasteiger partial charge >= 0.3 is 16.1 Å². The van der Waals surface area contributed by atoms with Crippen LogP contribution >= 0.6 is 15.9 Å². The molecule has 0 bridgehead atoms. The summed E-state index contributed by atoms with van der Waals surface area (Å²) in [6.45, 7) is 3.37. The predicted octanol–water partition coefficient (Wildman–Crippen LogP) is 3.48. The molecule has 33 heavy (non-hydrogen) atoms. The minimum Gasteiger partial charge on any atom is -0.492 e. The summed E-state index contributed by atoms with van der Waals surface area (Å²) in [4.78, 5) is 24.8. The highest BCUT2D eigenvalue weighted by molar-refractivity contribution is 9.10. The highest BCUT2D eigenvalue weighted by Crippen LogP contribution is 2.30. The standard InChI is InChI=1S/C21H18BrFN2O7S/c1-3-30-16-10-5-13(22)11-18(16)33(28,29)32-17-12-19(26)25(15-8-6-14(23)7-9-15)24-20(17)21(27)31-4-2/h5-12H,3-4H2,1-2H3. The molecule has 2 aromatic carbocycles. The van der Waals surface area contributed by atoms with Crippen molar-refractivity contribution in [1.29, 1.82) is 0 Å². The van der Waals surface area contributed by atoms with Gasteiger partial charge in [0.25, 0.3) is 5.56 Å². The largest absolute Gasteiger partial charge is 0.492 e. The summed E-state index contributed by atoms with van der Waals surface area (Å²) in [6, 6.07) is 9.81. The van der Waals surface area contributed by atoms with Crippen LogP contribution in [0.3, 0.4) is 0 Å². The van der Waals surface area contributed by atoms with Crippen molar-refractivity contribution in [2.24, 2.45) is 0 Å². The molecular weight excluding hydrogens is 523 g/mol. The van der Waals surface area contributed by atoms with E-state index in [0.29, 0.717) is 4.47 Å². The van der Waals surface area contributed by atoms with Gasteiger partial charge in [0.1, 0.15) is 16.5 Å². The SMILES string of the molecule is CCOC(=O)c1nn(-c2ccc(F)cc2)c(=O)cc1OS(=O)(=O)c1cc(Br)ccc1OCC. The third-order valence-corrected chi connectivity index (χ3v) is 5.86. The van der Waals surface area contributed by atoms with Crippen molar-refractivity contribution < 1.29 is 31.3 Å². The molecule has 174 valence electrons. The number of carbonyl (C=O) groups excluding carboxylic acids is 1. The summed E-state index contributed by atoms with van der Waals surface area (Å²) in [7, 11) is -4.56. The minimum absolute atomic E-state index is 0.0194. The lowest BCUT2D eigenvalue weighted by molar-refractivity contribution is 0.0515. The fourth-order valence-electron chi connectivity index (χ4n) is 2.73. The van der Waals surface area contributed by atoms with Crippen LogP contribution in [0, 0.1) is 5.82 Å². The topological polar surface area (TPSA) is 114 Å². The van der Waals surface area contributed by atoms with Gasteiger partial charge in [-0.1, -0.05) is 15.9 Å². The van der Waals surface area contributed by atoms with Crippen LogP contribution in [0.25, 0.3) is 5.69 Å². The van der Waals surface area contributed by atoms with Crippen LogP contribution in [-0.4, -0.2) is 37.4 Å². The van der Waals surface area contributed by atoms with Gasteiger partial charge in [0.05, 0.1) is 25.0 Å². The second kappa shape index (κ2) is 10.1. The number of aromatic nitrogens is 2. The van der Waals surface area contributed by atoms with Crippen molar-refractivity contribution in [3.8, 4) is 17.2 Å². The number of benzene rings is 2. The van der Waals surface area contributed by atoms with Crippen molar-refractivity contribution >= 4 is 32.0 Å². The molecule has 1 heterocycles. The highest BCUT2D eigenvalue weighted by atomic mass is 79.9. The van der Waals surface area contributed by atoms with E-state index in [1.165, 1.54) is 24.3 Å². The van der Waals surface area contributed by atoms with E-state index < -0.39 is 38.9 Å². The van der Waals surface area contributed by atoms with Gasteiger partial charge in [-0.05, 0) is 56.3 Å². The van der Waals surface area contributed by atoms with Gasteiger partial charge in [0, 0.05) is 4.47 Å². The van der Waals surface area contributed by atoms with Gasteiger partial charge in [-0.25, -0.2) is 9.18 Å². The van der Waals surface area contributed by atoms with E-state index in [2.05, 4.69) is 21.0 Å². The first-order valence-electron chi connectivity index (χ1n) is 9.60. The summed E-state index contributed by atoms with van der Waals surface area (Å²) >= 11 is 3.19. The first-order chi connectivity index (χ1) is 15.7. The number of hydrogen-bond donors (Lipinski definition) is 0. The first kappa shape index (κ1) is 24.4. The Labute approximate surface area is 197 Å². The lowest BCUT2D eigenvalue weighted by Crippen LogP contribution is -2.26. The molecule has 1 aromatic heterocycles. The zero-order chi connectivity index (χ0) is 24.2. The van der Waals surface area contributed by atoms with Crippen molar-refractivity contribution in [2.75, 3.05) is 13.2 Å². The second-order valence-electron chi connectivity index (χ2n) is 6.37. The van der Waals surface area contributed by atoms with E-state index in [4.69, 9.17) is 13.7 Å². The molecule has 0 unspecified atom stereocenters. The summed E-state index contributed by atoms with van der Waals surface area (Å²) in [5.74, 6) is -2.16. The van der Waals surface area contributed by atoms with Crippen LogP contribution in [0.2, 0.25) is 0 Å². The molecule has 0 fully saturated rings. The number of carbonyl (C=O) groups is 1. The van der Waals surface area contributed by atoms with E-state index in [1.54, 1.807) is 19.9 Å². The van der Waals surface area contributed by atoms with Crippen LogP contribution in [0.15, 0.2) is 62.7 Å². The Hall–Kier alpha value is -3.25. The van der Waals surface area contributed by atoms with Crippen LogP contribution < -0.4 is 14.5 Å². The lowest BCUT2D eigenvalue weighted by Gasteiger charge is -2.14. The summed E-state index contributed by atoms with van der Waals surface area (Å²) in [6.07, 6.45) is 0. The highest BCUT2D eigenvalue weighted by Gasteiger charge is 2.28.